The van der Waals surface area contributed by atoms with Crippen LogP contribution in [0.25, 0.3) is 28.1 Å². The molecule has 3 atom stereocenters. The van der Waals surface area contributed by atoms with Crippen LogP contribution in [-0.2, 0) is 21.4 Å². The molecule has 0 bridgehead atoms. The van der Waals surface area contributed by atoms with Crippen molar-refractivity contribution in [2.75, 3.05) is 30.7 Å². The lowest BCUT2D eigenvalue weighted by Crippen LogP contribution is -2.45. The van der Waals surface area contributed by atoms with Gasteiger partial charge in [0.05, 0.1) is 17.6 Å². The minimum Gasteiger partial charge on any atom is -0.359 e. The van der Waals surface area contributed by atoms with E-state index in [1.54, 1.807) is 30.1 Å². The molecule has 0 spiro atoms. The van der Waals surface area contributed by atoms with Crippen molar-refractivity contribution < 1.29 is 26.8 Å². The van der Waals surface area contributed by atoms with Crippen LogP contribution in [0.3, 0.4) is 0 Å². The molecule has 1 aliphatic heterocycles. The number of aromatic nitrogens is 4. The third kappa shape index (κ3) is 5.48. The van der Waals surface area contributed by atoms with Gasteiger partial charge in [-0.05, 0) is 68.4 Å². The van der Waals surface area contributed by atoms with Gasteiger partial charge in [-0.2, -0.15) is 13.1 Å². The zero-order chi connectivity index (χ0) is 32.5. The monoisotopic (exact) mass is 654 g/mol. The number of carbonyl (C=O) groups excluding carboxylic acids is 2. The Morgan fingerprint density at radius 3 is 2.61 bits per heavy atom. The first-order valence-corrected chi connectivity index (χ1v) is 17.4. The average molecular weight is 655 g/mol. The smallest absolute Gasteiger partial charge is 0.329 e. The third-order valence-corrected chi connectivity index (χ3v) is 10.3. The number of nitrogens with two attached hydrogens (primary N) is 1. The molecule has 3 N–H and O–H groups in total. The number of piperidine rings is 1. The van der Waals surface area contributed by atoms with E-state index in [0.29, 0.717) is 65.6 Å². The van der Waals surface area contributed by atoms with Crippen LogP contribution in [0.2, 0.25) is 0 Å². The van der Waals surface area contributed by atoms with Gasteiger partial charge in [-0.1, -0.05) is 0 Å². The molecule has 46 heavy (non-hydrogen) atoms. The summed E-state index contributed by atoms with van der Waals surface area (Å²) < 4.78 is 56.2. The Bertz CT molecular complexity index is 1970. The summed E-state index contributed by atoms with van der Waals surface area (Å²) in [5, 5.41) is 3.38. The van der Waals surface area contributed by atoms with Crippen molar-refractivity contribution in [3.05, 3.63) is 47.8 Å². The summed E-state index contributed by atoms with van der Waals surface area (Å²) in [6, 6.07) is 8.20. The zero-order valence-corrected chi connectivity index (χ0v) is 26.4. The van der Waals surface area contributed by atoms with Crippen LogP contribution in [0, 0.1) is 11.8 Å². The molecule has 2 aliphatic carbocycles. The average Bonchev–Trinajstić information content (AvgIpc) is 3.93. The first kappa shape index (κ1) is 30.5. The number of alkyl halides is 2. The lowest BCUT2D eigenvalue weighted by Gasteiger charge is -2.30. The second kappa shape index (κ2) is 11.3. The lowest BCUT2D eigenvalue weighted by atomic mass is 10.1. The van der Waals surface area contributed by atoms with Crippen molar-refractivity contribution in [1.82, 2.24) is 29.2 Å². The molecule has 2 amide bonds. The lowest BCUT2D eigenvalue weighted by molar-refractivity contribution is -0.121. The van der Waals surface area contributed by atoms with Crippen molar-refractivity contribution >= 4 is 44.3 Å². The SMILES string of the molecule is CNC(=O)C1CC1c1c(-c2cc3ccc(N(C(F)F)S(C)(=O)=O)nc3n2CC2CC2)nc2cc(C(=O)N3CCC[C@@H](N)C3)ccn12. The van der Waals surface area contributed by atoms with Crippen molar-refractivity contribution in [3.63, 3.8) is 0 Å². The fourth-order valence-corrected chi connectivity index (χ4v) is 7.41. The molecule has 2 unspecified atom stereocenters. The van der Waals surface area contributed by atoms with Gasteiger partial charge in [0.2, 0.25) is 15.9 Å². The summed E-state index contributed by atoms with van der Waals surface area (Å²) in [7, 11) is -2.70. The van der Waals surface area contributed by atoms with Gasteiger partial charge in [-0.15, -0.1) is 0 Å². The van der Waals surface area contributed by atoms with Crippen LogP contribution in [-0.4, -0.2) is 83.1 Å². The summed E-state index contributed by atoms with van der Waals surface area (Å²) in [4.78, 5) is 37.4. The van der Waals surface area contributed by atoms with E-state index in [-0.39, 0.29) is 39.8 Å². The second-order valence-corrected chi connectivity index (χ2v) is 14.6. The number of sulfonamides is 1. The molecule has 12 nitrogen and oxygen atoms in total. The molecular formula is C31H36F2N8O4S. The van der Waals surface area contributed by atoms with E-state index in [0.717, 1.165) is 37.6 Å². The number of hydrogen-bond donors (Lipinski definition) is 2. The third-order valence-electron chi connectivity index (χ3n) is 9.25. The van der Waals surface area contributed by atoms with E-state index in [1.165, 1.54) is 6.07 Å². The molecular weight excluding hydrogens is 618 g/mol. The highest BCUT2D eigenvalue weighted by atomic mass is 32.2. The maximum absolute atomic E-state index is 13.9. The molecule has 1 saturated heterocycles. The van der Waals surface area contributed by atoms with Crippen molar-refractivity contribution in [3.8, 4) is 11.4 Å². The summed E-state index contributed by atoms with van der Waals surface area (Å²) in [6.07, 6.45) is 6.87. The van der Waals surface area contributed by atoms with E-state index >= 15 is 0 Å². The van der Waals surface area contributed by atoms with E-state index in [9.17, 15) is 26.8 Å². The molecule has 0 aromatic carbocycles. The Balaban J connectivity index is 1.38. The summed E-state index contributed by atoms with van der Waals surface area (Å²) in [6.45, 7) is -1.63. The van der Waals surface area contributed by atoms with Gasteiger partial charge >= 0.3 is 6.55 Å². The first-order chi connectivity index (χ1) is 21.9. The minimum absolute atomic E-state index is 0.0167. The van der Waals surface area contributed by atoms with Gasteiger partial charge in [0.1, 0.15) is 22.8 Å². The molecule has 15 heteroatoms. The van der Waals surface area contributed by atoms with Crippen LogP contribution in [0.15, 0.2) is 36.5 Å². The van der Waals surface area contributed by atoms with Crippen LogP contribution < -0.4 is 15.4 Å². The Labute approximate surface area is 264 Å². The predicted molar refractivity (Wildman–Crippen MR) is 168 cm³/mol. The number of halogens is 2. The van der Waals surface area contributed by atoms with Gasteiger partial charge in [0, 0.05) is 61.7 Å². The molecule has 244 valence electrons. The van der Waals surface area contributed by atoms with E-state index in [1.807, 2.05) is 21.2 Å². The highest BCUT2D eigenvalue weighted by Gasteiger charge is 2.47. The molecule has 3 aliphatic rings. The number of imidazole rings is 1. The van der Waals surface area contributed by atoms with E-state index in [4.69, 9.17) is 10.7 Å². The first-order valence-electron chi connectivity index (χ1n) is 15.5. The van der Waals surface area contributed by atoms with E-state index < -0.39 is 16.6 Å². The Hall–Kier alpha value is -4.11. The molecule has 3 fully saturated rings. The van der Waals surface area contributed by atoms with Crippen LogP contribution in [0.5, 0.6) is 0 Å². The Morgan fingerprint density at radius 1 is 1.15 bits per heavy atom. The number of amides is 2. The minimum atomic E-state index is -4.30. The molecule has 2 saturated carbocycles. The quantitative estimate of drug-likeness (QED) is 0.264. The van der Waals surface area contributed by atoms with Gasteiger partial charge in [0.25, 0.3) is 5.91 Å². The topological polar surface area (TPSA) is 148 Å². The van der Waals surface area contributed by atoms with Crippen molar-refractivity contribution in [2.24, 2.45) is 17.6 Å². The van der Waals surface area contributed by atoms with Crippen LogP contribution >= 0.6 is 0 Å². The number of anilines is 1. The number of likely N-dealkylation sites (tertiary alicyclic amines) is 1. The maximum Gasteiger partial charge on any atom is 0.329 e. The maximum atomic E-state index is 13.9. The Kier molecular flexibility index (Phi) is 7.50. The summed E-state index contributed by atoms with van der Waals surface area (Å²) in [5.41, 5.74) is 9.63. The molecule has 4 aromatic rings. The standard InChI is InChI=1S/C31H36F2N8O4S/c1-35-29(42)22-14-21(22)27-26(36-25-13-19(9-11-39(25)27)30(43)38-10-3-4-20(34)16-38)23-12-18-7-8-24(41(31(32)33)46(2,44)45)37-28(18)40(23)15-17-5-6-17/h7-9,11-13,17,20-22,31H,3-6,10,14-16,34H2,1-2H3,(H,35,42)/t20-,21?,22?/m1/s1. The number of rotatable bonds is 9. The Morgan fingerprint density at radius 2 is 1.93 bits per heavy atom. The highest BCUT2D eigenvalue weighted by Crippen LogP contribution is 2.51. The number of pyridine rings is 2. The van der Waals surface area contributed by atoms with Gasteiger partial charge in [-0.3, -0.25) is 9.59 Å². The molecule has 5 heterocycles. The van der Waals surface area contributed by atoms with Crippen molar-refractivity contribution in [2.45, 2.75) is 57.2 Å². The summed E-state index contributed by atoms with van der Waals surface area (Å²) >= 11 is 0. The van der Waals surface area contributed by atoms with Crippen molar-refractivity contribution in [1.29, 1.82) is 0 Å². The fraction of sp³-hybridized carbons (Fsp3) is 0.484. The van der Waals surface area contributed by atoms with Crippen LogP contribution in [0.1, 0.15) is 54.1 Å². The number of nitrogens with zero attached hydrogens (tertiary/aromatic N) is 6. The zero-order valence-electron chi connectivity index (χ0n) is 25.6. The normalized spacial score (nSPS) is 21.7. The number of carbonyl (C=O) groups is 2. The number of fused-ring (bicyclic) bond motifs is 2. The van der Waals surface area contributed by atoms with Crippen LogP contribution in [0.4, 0.5) is 14.6 Å². The fourth-order valence-electron chi connectivity index (χ4n) is 6.68. The predicted octanol–water partition coefficient (Wildman–Crippen LogP) is 3.16. The second-order valence-electron chi connectivity index (χ2n) is 12.7. The van der Waals surface area contributed by atoms with Gasteiger partial charge < -0.3 is 24.9 Å². The molecule has 0 radical (unpaired) electrons. The number of hydrogen-bond acceptors (Lipinski definition) is 7. The van der Waals surface area contributed by atoms with Gasteiger partial charge in [-0.25, -0.2) is 18.4 Å². The highest BCUT2D eigenvalue weighted by molar-refractivity contribution is 7.92. The van der Waals surface area contributed by atoms with E-state index in [2.05, 4.69) is 10.3 Å². The molecule has 7 rings (SSSR count). The molecule has 4 aromatic heterocycles. The number of nitrogens with one attached hydrogen (secondary N) is 1. The summed E-state index contributed by atoms with van der Waals surface area (Å²) in [5.74, 6) is -0.600. The van der Waals surface area contributed by atoms with Gasteiger partial charge in [0.15, 0.2) is 0 Å². The largest absolute Gasteiger partial charge is 0.359 e.